The fourth-order valence-electron chi connectivity index (χ4n) is 3.23. The molecule has 4 N–H and O–H groups in total. The van der Waals surface area contributed by atoms with Crippen LogP contribution in [0.4, 0.5) is 5.69 Å². The van der Waals surface area contributed by atoms with E-state index in [9.17, 15) is 33.0 Å². The molecule has 158 valence electrons. The molecule has 10 nitrogen and oxygen atoms in total. The van der Waals surface area contributed by atoms with Gasteiger partial charge in [-0.3, -0.25) is 19.3 Å². The van der Waals surface area contributed by atoms with Gasteiger partial charge < -0.3 is 20.6 Å². The van der Waals surface area contributed by atoms with E-state index in [0.29, 0.717) is 0 Å². The summed E-state index contributed by atoms with van der Waals surface area (Å²) in [4.78, 5) is 38.4. The number of aliphatic hydroxyl groups excluding tert-OH is 1. The number of imide groups is 1. The van der Waals surface area contributed by atoms with E-state index in [-0.39, 0.29) is 22.4 Å². The Bertz CT molecular complexity index is 1160. The Morgan fingerprint density at radius 2 is 1.80 bits per heavy atom. The van der Waals surface area contributed by atoms with E-state index >= 15 is 0 Å². The summed E-state index contributed by atoms with van der Waals surface area (Å²) in [6, 6.07) is 6.35. The average Bonchev–Trinajstić information content (AvgIpc) is 2.93. The summed E-state index contributed by atoms with van der Waals surface area (Å²) in [6.07, 6.45) is 0.936. The van der Waals surface area contributed by atoms with Crippen molar-refractivity contribution in [1.29, 1.82) is 0 Å². The number of rotatable bonds is 6. The van der Waals surface area contributed by atoms with Gasteiger partial charge in [0.1, 0.15) is 16.4 Å². The predicted molar refractivity (Wildman–Crippen MR) is 105 cm³/mol. The molecule has 0 aromatic heterocycles. The number of phenolic OH excluding ortho intramolecular Hbond substituents is 2. The van der Waals surface area contributed by atoms with Gasteiger partial charge in [-0.1, -0.05) is 12.1 Å². The number of nitrogens with zero attached hydrogens (tertiary/aromatic N) is 1. The molecule has 2 aromatic carbocycles. The molecule has 1 aliphatic heterocycles. The molecule has 0 spiro atoms. The van der Waals surface area contributed by atoms with Crippen LogP contribution in [-0.2, 0) is 14.6 Å². The van der Waals surface area contributed by atoms with Gasteiger partial charge in [0.25, 0.3) is 11.8 Å². The first kappa shape index (κ1) is 21.3. The Labute approximate surface area is 171 Å². The van der Waals surface area contributed by atoms with Crippen molar-refractivity contribution in [2.24, 2.45) is 0 Å². The molecule has 0 saturated heterocycles. The molecule has 0 bridgehead atoms. The first-order valence-corrected chi connectivity index (χ1v) is 10.7. The second-order valence-electron chi connectivity index (χ2n) is 6.77. The number of anilines is 1. The zero-order valence-corrected chi connectivity index (χ0v) is 16.5. The van der Waals surface area contributed by atoms with Crippen LogP contribution in [-0.4, -0.2) is 65.0 Å². The zero-order chi connectivity index (χ0) is 22.2. The molecule has 2 aromatic rings. The maximum Gasteiger partial charge on any atom is 0.264 e. The summed E-state index contributed by atoms with van der Waals surface area (Å²) in [5, 5.41) is 30.6. The van der Waals surface area contributed by atoms with Crippen molar-refractivity contribution in [2.45, 2.75) is 6.04 Å². The molecule has 11 heteroatoms. The smallest absolute Gasteiger partial charge is 0.264 e. The summed E-state index contributed by atoms with van der Waals surface area (Å²) < 4.78 is 24.0. The largest absolute Gasteiger partial charge is 0.504 e. The van der Waals surface area contributed by atoms with Crippen LogP contribution >= 0.6 is 0 Å². The number of phenols is 2. The maximum atomic E-state index is 13.1. The zero-order valence-electron chi connectivity index (χ0n) is 15.7. The van der Waals surface area contributed by atoms with Crippen LogP contribution in [0.2, 0.25) is 0 Å². The number of aromatic hydroxyl groups is 2. The summed E-state index contributed by atoms with van der Waals surface area (Å²) in [6.45, 7) is -0.834. The van der Waals surface area contributed by atoms with Crippen molar-refractivity contribution in [3.8, 4) is 11.5 Å². The highest BCUT2D eigenvalue weighted by molar-refractivity contribution is 7.90. The van der Waals surface area contributed by atoms with E-state index in [4.69, 9.17) is 5.11 Å². The number of aliphatic hydroxyl groups is 1. The molecule has 3 amide bonds. The van der Waals surface area contributed by atoms with E-state index in [1.165, 1.54) is 24.3 Å². The monoisotopic (exact) mass is 434 g/mol. The molecule has 1 heterocycles. The van der Waals surface area contributed by atoms with E-state index in [1.807, 2.05) is 0 Å². The third-order valence-electron chi connectivity index (χ3n) is 4.52. The number of hydrogen-bond donors (Lipinski definition) is 4. The van der Waals surface area contributed by atoms with Gasteiger partial charge in [-0.25, -0.2) is 8.42 Å². The van der Waals surface area contributed by atoms with Crippen LogP contribution in [0.15, 0.2) is 36.4 Å². The fourth-order valence-corrected chi connectivity index (χ4v) is 4.15. The van der Waals surface area contributed by atoms with Crippen molar-refractivity contribution in [3.05, 3.63) is 53.1 Å². The van der Waals surface area contributed by atoms with Crippen LogP contribution < -0.4 is 5.32 Å². The lowest BCUT2D eigenvalue weighted by atomic mass is 10.1. The van der Waals surface area contributed by atoms with Gasteiger partial charge in [0.15, 0.2) is 11.5 Å². The van der Waals surface area contributed by atoms with E-state index in [0.717, 1.165) is 23.3 Å². The van der Waals surface area contributed by atoms with Crippen LogP contribution in [0.3, 0.4) is 0 Å². The summed E-state index contributed by atoms with van der Waals surface area (Å²) in [7, 11) is -3.69. The SMILES string of the molecule is CS(=O)(=O)C[C@H](c1ccc(O)c(O)c1)N1C(=O)c2cccc(NC(=O)CO)c2C1=O. The van der Waals surface area contributed by atoms with Crippen LogP contribution in [0, 0.1) is 0 Å². The van der Waals surface area contributed by atoms with Crippen molar-refractivity contribution >= 4 is 33.2 Å². The van der Waals surface area contributed by atoms with Gasteiger partial charge in [-0.15, -0.1) is 0 Å². The molecule has 0 aliphatic carbocycles. The van der Waals surface area contributed by atoms with Gasteiger partial charge >= 0.3 is 0 Å². The van der Waals surface area contributed by atoms with E-state index in [1.54, 1.807) is 0 Å². The first-order chi connectivity index (χ1) is 14.0. The molecule has 30 heavy (non-hydrogen) atoms. The lowest BCUT2D eigenvalue weighted by Crippen LogP contribution is -2.37. The Balaban J connectivity index is 2.11. The molecule has 1 aliphatic rings. The Morgan fingerprint density at radius 1 is 1.10 bits per heavy atom. The number of amides is 3. The number of sulfone groups is 1. The molecule has 0 saturated carbocycles. The highest BCUT2D eigenvalue weighted by atomic mass is 32.2. The van der Waals surface area contributed by atoms with Gasteiger partial charge in [-0.2, -0.15) is 0 Å². The van der Waals surface area contributed by atoms with Crippen molar-refractivity contribution in [1.82, 2.24) is 4.90 Å². The fraction of sp³-hybridized carbons (Fsp3) is 0.211. The van der Waals surface area contributed by atoms with Crippen LogP contribution in [0.25, 0.3) is 0 Å². The van der Waals surface area contributed by atoms with Gasteiger partial charge in [-0.05, 0) is 29.8 Å². The lowest BCUT2D eigenvalue weighted by molar-refractivity contribution is -0.118. The van der Waals surface area contributed by atoms with Crippen molar-refractivity contribution in [3.63, 3.8) is 0 Å². The van der Waals surface area contributed by atoms with E-state index in [2.05, 4.69) is 5.32 Å². The lowest BCUT2D eigenvalue weighted by Gasteiger charge is -2.26. The van der Waals surface area contributed by atoms with Crippen molar-refractivity contribution in [2.75, 3.05) is 23.9 Å². The highest BCUT2D eigenvalue weighted by Gasteiger charge is 2.43. The normalized spacial score (nSPS) is 14.5. The summed E-state index contributed by atoms with van der Waals surface area (Å²) >= 11 is 0. The number of carbonyl (C=O) groups is 3. The number of nitrogens with one attached hydrogen (secondary N) is 1. The second kappa shape index (κ2) is 7.76. The number of carbonyl (C=O) groups excluding carboxylic acids is 3. The third kappa shape index (κ3) is 3.98. The number of hydrogen-bond acceptors (Lipinski definition) is 8. The average molecular weight is 434 g/mol. The molecule has 3 rings (SSSR count). The highest BCUT2D eigenvalue weighted by Crippen LogP contribution is 2.37. The van der Waals surface area contributed by atoms with Crippen LogP contribution in [0.1, 0.15) is 32.3 Å². The number of benzene rings is 2. The summed E-state index contributed by atoms with van der Waals surface area (Å²) in [5.74, 6) is -4.03. The molecular formula is C19H18N2O8S. The maximum absolute atomic E-state index is 13.1. The minimum Gasteiger partial charge on any atom is -0.504 e. The van der Waals surface area contributed by atoms with Gasteiger partial charge in [0, 0.05) is 6.26 Å². The van der Waals surface area contributed by atoms with Gasteiger partial charge in [0.2, 0.25) is 5.91 Å². The molecule has 0 fully saturated rings. The predicted octanol–water partition coefficient (Wildman–Crippen LogP) is 0.410. The molecule has 1 atom stereocenters. The van der Waals surface area contributed by atoms with Gasteiger partial charge in [0.05, 0.1) is 28.6 Å². The Kier molecular flexibility index (Phi) is 5.51. The number of fused-ring (bicyclic) bond motifs is 1. The molecule has 0 radical (unpaired) electrons. The van der Waals surface area contributed by atoms with E-state index < -0.39 is 57.5 Å². The standard InChI is InChI=1S/C19H18N2O8S/c1-30(28,29)9-13(10-5-6-14(23)15(24)7-10)21-18(26)11-3-2-4-12(17(11)19(21)27)20-16(25)8-22/h2-7,13,22-24H,8-9H2,1H3,(H,20,25)/t13-/m1/s1. The minimum absolute atomic E-state index is 0.000871. The molecule has 0 unspecified atom stereocenters. The minimum atomic E-state index is -3.69. The molecular weight excluding hydrogens is 416 g/mol. The topological polar surface area (TPSA) is 161 Å². The first-order valence-electron chi connectivity index (χ1n) is 8.64. The quantitative estimate of drug-likeness (QED) is 0.375. The Morgan fingerprint density at radius 3 is 2.40 bits per heavy atom. The van der Waals surface area contributed by atoms with Crippen molar-refractivity contribution < 1.29 is 38.1 Å². The second-order valence-corrected chi connectivity index (χ2v) is 8.96. The third-order valence-corrected chi connectivity index (χ3v) is 5.44. The van der Waals surface area contributed by atoms with Crippen LogP contribution in [0.5, 0.6) is 11.5 Å². The summed E-state index contributed by atoms with van der Waals surface area (Å²) in [5.41, 5.74) is -0.0618. The Hall–Kier alpha value is -3.44.